The molecule has 9 nitrogen and oxygen atoms in total. The van der Waals surface area contributed by atoms with Gasteiger partial charge in [-0.2, -0.15) is 4.98 Å². The number of benzene rings is 1. The highest BCUT2D eigenvalue weighted by Crippen LogP contribution is 2.10. The summed E-state index contributed by atoms with van der Waals surface area (Å²) in [7, 11) is 0. The topological polar surface area (TPSA) is 114 Å². The lowest BCUT2D eigenvalue weighted by Crippen LogP contribution is -2.22. The summed E-state index contributed by atoms with van der Waals surface area (Å²) >= 11 is 0. The van der Waals surface area contributed by atoms with Crippen LogP contribution in [-0.2, 0) is 17.8 Å². The fourth-order valence-corrected chi connectivity index (χ4v) is 2.31. The summed E-state index contributed by atoms with van der Waals surface area (Å²) in [5.41, 5.74) is 0.754. The van der Waals surface area contributed by atoms with Crippen LogP contribution in [0.3, 0.4) is 0 Å². The third-order valence-electron chi connectivity index (χ3n) is 3.41. The molecule has 1 amide bonds. The Morgan fingerprint density at radius 3 is 3.00 bits per heavy atom. The lowest BCUT2D eigenvalue weighted by atomic mass is 10.1. The van der Waals surface area contributed by atoms with E-state index < -0.39 is 0 Å². The van der Waals surface area contributed by atoms with Crippen LogP contribution >= 0.6 is 0 Å². The number of halogens is 1. The predicted octanol–water partition coefficient (Wildman–Crippen LogP) is 1.28. The van der Waals surface area contributed by atoms with Crippen molar-refractivity contribution >= 4 is 11.9 Å². The third kappa shape index (κ3) is 4.22. The molecule has 0 radical (unpaired) electrons. The minimum atomic E-state index is -0.342. The molecule has 10 heteroatoms. The number of anilines is 1. The second-order valence-electron chi connectivity index (χ2n) is 5.81. The number of aromatic nitrogens is 7. The first kappa shape index (κ1) is 16.7. The second kappa shape index (κ2) is 7.16. The smallest absolute Gasteiger partial charge is 0.248 e. The van der Waals surface area contributed by atoms with Crippen LogP contribution in [0.25, 0.3) is 0 Å². The van der Waals surface area contributed by atoms with Crippen LogP contribution in [0.4, 0.5) is 10.3 Å². The molecule has 0 saturated heterocycles. The largest absolute Gasteiger partial charge is 0.292 e. The van der Waals surface area contributed by atoms with Crippen molar-refractivity contribution in [3.8, 4) is 0 Å². The minimum Gasteiger partial charge on any atom is -0.292 e. The Morgan fingerprint density at radius 2 is 2.24 bits per heavy atom. The molecule has 0 unspecified atom stereocenters. The number of hydrogen-bond donors (Lipinski definition) is 2. The Labute approximate surface area is 142 Å². The summed E-state index contributed by atoms with van der Waals surface area (Å²) in [5, 5.41) is 20.5. The van der Waals surface area contributed by atoms with Gasteiger partial charge in [0.25, 0.3) is 0 Å². The molecule has 2 aromatic heterocycles. The number of nitrogens with zero attached hydrogens (tertiary/aromatic N) is 6. The highest BCUT2D eigenvalue weighted by Gasteiger charge is 2.14. The first-order valence-electron chi connectivity index (χ1n) is 7.73. The average Bonchev–Trinajstić information content (AvgIpc) is 3.17. The maximum absolute atomic E-state index is 13.2. The molecule has 0 fully saturated rings. The molecule has 3 aromatic rings. The van der Waals surface area contributed by atoms with E-state index in [1.165, 1.54) is 16.8 Å². The Balaban J connectivity index is 1.61. The molecular weight excluding hydrogens is 327 g/mol. The first-order valence-corrected chi connectivity index (χ1v) is 7.73. The third-order valence-corrected chi connectivity index (χ3v) is 3.41. The molecular formula is C15H17FN8O. The van der Waals surface area contributed by atoms with Gasteiger partial charge in [0.15, 0.2) is 5.82 Å². The quantitative estimate of drug-likeness (QED) is 0.696. The fourth-order valence-electron chi connectivity index (χ4n) is 2.31. The zero-order chi connectivity index (χ0) is 17.8. The summed E-state index contributed by atoms with van der Waals surface area (Å²) in [6, 6.07) is 6.21. The van der Waals surface area contributed by atoms with Crippen molar-refractivity contribution in [3.63, 3.8) is 0 Å². The van der Waals surface area contributed by atoms with Crippen LogP contribution in [0.1, 0.15) is 37.0 Å². The molecule has 2 heterocycles. The molecule has 0 aliphatic rings. The molecule has 25 heavy (non-hydrogen) atoms. The summed E-state index contributed by atoms with van der Waals surface area (Å²) in [6.45, 7) is 3.84. The van der Waals surface area contributed by atoms with Gasteiger partial charge in [0.2, 0.25) is 11.9 Å². The molecule has 3 rings (SSSR count). The summed E-state index contributed by atoms with van der Waals surface area (Å²) in [4.78, 5) is 16.3. The second-order valence-corrected chi connectivity index (χ2v) is 5.81. The van der Waals surface area contributed by atoms with Crippen molar-refractivity contribution in [2.24, 2.45) is 0 Å². The van der Waals surface area contributed by atoms with Gasteiger partial charge in [-0.25, -0.2) is 9.07 Å². The SMILES string of the molecule is CC(C)c1nnnn1CC(=O)Nc1n[nH]c(Cc2cccc(F)c2)n1. The molecule has 130 valence electrons. The van der Waals surface area contributed by atoms with Gasteiger partial charge in [-0.15, -0.1) is 10.2 Å². The lowest BCUT2D eigenvalue weighted by Gasteiger charge is -2.05. The fraction of sp³-hybridized carbons (Fsp3) is 0.333. The molecule has 0 bridgehead atoms. The Morgan fingerprint density at radius 1 is 1.40 bits per heavy atom. The van der Waals surface area contributed by atoms with Gasteiger partial charge in [0.1, 0.15) is 18.2 Å². The van der Waals surface area contributed by atoms with Crippen molar-refractivity contribution in [1.82, 2.24) is 35.4 Å². The highest BCUT2D eigenvalue weighted by molar-refractivity contribution is 5.88. The molecule has 1 aromatic carbocycles. The zero-order valence-electron chi connectivity index (χ0n) is 13.8. The van der Waals surface area contributed by atoms with E-state index in [-0.39, 0.29) is 30.1 Å². The average molecular weight is 344 g/mol. The number of carbonyl (C=O) groups is 1. The molecule has 2 N–H and O–H groups in total. The van der Waals surface area contributed by atoms with E-state index in [0.29, 0.717) is 18.1 Å². The van der Waals surface area contributed by atoms with Gasteiger partial charge in [-0.05, 0) is 28.1 Å². The maximum atomic E-state index is 13.2. The molecule has 0 aliphatic carbocycles. The molecule has 0 saturated carbocycles. The Hall–Kier alpha value is -3.17. The number of H-pyrrole nitrogens is 1. The summed E-state index contributed by atoms with van der Waals surface area (Å²) < 4.78 is 14.6. The zero-order valence-corrected chi connectivity index (χ0v) is 13.8. The molecule has 0 aliphatic heterocycles. The van der Waals surface area contributed by atoms with E-state index in [1.54, 1.807) is 12.1 Å². The van der Waals surface area contributed by atoms with Gasteiger partial charge in [-0.1, -0.05) is 26.0 Å². The maximum Gasteiger partial charge on any atom is 0.248 e. The predicted molar refractivity (Wildman–Crippen MR) is 86.1 cm³/mol. The van der Waals surface area contributed by atoms with Crippen molar-refractivity contribution < 1.29 is 9.18 Å². The number of nitrogens with one attached hydrogen (secondary N) is 2. The standard InChI is InChI=1S/C15H17FN8O/c1-9(2)14-20-22-23-24(14)8-13(25)18-15-17-12(19-21-15)7-10-4-3-5-11(16)6-10/h3-6,9H,7-8H2,1-2H3,(H2,17,18,19,21,25). The highest BCUT2D eigenvalue weighted by atomic mass is 19.1. The Bertz CT molecular complexity index is 872. The van der Waals surface area contributed by atoms with Crippen molar-refractivity contribution in [3.05, 3.63) is 47.3 Å². The number of aromatic amines is 1. The van der Waals surface area contributed by atoms with Crippen molar-refractivity contribution in [2.45, 2.75) is 32.7 Å². The van der Waals surface area contributed by atoms with Gasteiger partial charge >= 0.3 is 0 Å². The van der Waals surface area contributed by atoms with Crippen LogP contribution in [0.15, 0.2) is 24.3 Å². The van der Waals surface area contributed by atoms with Gasteiger partial charge < -0.3 is 0 Å². The lowest BCUT2D eigenvalue weighted by molar-refractivity contribution is -0.117. The summed E-state index contributed by atoms with van der Waals surface area (Å²) in [5.74, 6) is 0.737. The van der Waals surface area contributed by atoms with Crippen molar-refractivity contribution in [2.75, 3.05) is 5.32 Å². The summed E-state index contributed by atoms with van der Waals surface area (Å²) in [6.07, 6.45) is 0.380. The number of tetrazole rings is 1. The van der Waals surface area contributed by atoms with Crippen LogP contribution in [0, 0.1) is 5.82 Å². The minimum absolute atomic E-state index is 0.0334. The van der Waals surface area contributed by atoms with E-state index in [1.807, 2.05) is 13.8 Å². The first-order chi connectivity index (χ1) is 12.0. The molecule has 0 spiro atoms. The van der Waals surface area contributed by atoms with E-state index in [9.17, 15) is 9.18 Å². The number of rotatable bonds is 6. The van der Waals surface area contributed by atoms with Crippen LogP contribution < -0.4 is 5.32 Å². The number of hydrogen-bond acceptors (Lipinski definition) is 6. The number of amides is 1. The van der Waals surface area contributed by atoms with Crippen LogP contribution in [-0.4, -0.2) is 41.3 Å². The van der Waals surface area contributed by atoms with E-state index in [0.717, 1.165) is 5.56 Å². The van der Waals surface area contributed by atoms with Crippen LogP contribution in [0.5, 0.6) is 0 Å². The molecule has 0 atom stereocenters. The van der Waals surface area contributed by atoms with Crippen molar-refractivity contribution in [1.29, 1.82) is 0 Å². The van der Waals surface area contributed by atoms with E-state index in [2.05, 4.69) is 36.0 Å². The Kier molecular flexibility index (Phi) is 4.78. The van der Waals surface area contributed by atoms with Gasteiger partial charge in [0.05, 0.1) is 0 Å². The number of carbonyl (C=O) groups excluding carboxylic acids is 1. The normalized spacial score (nSPS) is 11.0. The van der Waals surface area contributed by atoms with E-state index >= 15 is 0 Å². The van der Waals surface area contributed by atoms with Gasteiger partial charge in [0, 0.05) is 12.3 Å². The van der Waals surface area contributed by atoms with Crippen LogP contribution in [0.2, 0.25) is 0 Å². The monoisotopic (exact) mass is 344 g/mol. The van der Waals surface area contributed by atoms with E-state index in [4.69, 9.17) is 0 Å². The van der Waals surface area contributed by atoms with Gasteiger partial charge in [-0.3, -0.25) is 15.2 Å².